The van der Waals surface area contributed by atoms with Crippen LogP contribution in [0.15, 0.2) is 28.7 Å². The van der Waals surface area contributed by atoms with Gasteiger partial charge in [-0.05, 0) is 36.4 Å². The van der Waals surface area contributed by atoms with Gasteiger partial charge in [-0.3, -0.25) is 4.79 Å². The monoisotopic (exact) mass is 293 g/mol. The van der Waals surface area contributed by atoms with Gasteiger partial charge < -0.3 is 9.67 Å². The third kappa shape index (κ3) is 1.67. The molecule has 1 unspecified atom stereocenters. The van der Waals surface area contributed by atoms with E-state index in [9.17, 15) is 9.90 Å². The van der Waals surface area contributed by atoms with Crippen LogP contribution in [-0.2, 0) is 11.3 Å². The van der Waals surface area contributed by atoms with Crippen LogP contribution in [0.1, 0.15) is 24.5 Å². The predicted octanol–water partition coefficient (Wildman–Crippen LogP) is 3.37. The number of hydrogen-bond acceptors (Lipinski definition) is 1. The Balaban J connectivity index is 2.25. The fraction of sp³-hybridized carbons (Fsp3) is 0.308. The third-order valence-electron chi connectivity index (χ3n) is 3.43. The van der Waals surface area contributed by atoms with Gasteiger partial charge in [0.1, 0.15) is 0 Å². The Morgan fingerprint density at radius 3 is 3.00 bits per heavy atom. The highest BCUT2D eigenvalue weighted by molar-refractivity contribution is 9.10. The highest BCUT2D eigenvalue weighted by Gasteiger charge is 2.27. The normalized spacial score (nSPS) is 19.2. The van der Waals surface area contributed by atoms with Crippen LogP contribution in [0.4, 0.5) is 0 Å². The number of aromatic nitrogens is 1. The quantitative estimate of drug-likeness (QED) is 0.876. The molecule has 2 aromatic rings. The number of halogens is 1. The van der Waals surface area contributed by atoms with E-state index in [-0.39, 0.29) is 5.92 Å². The van der Waals surface area contributed by atoms with Crippen LogP contribution < -0.4 is 0 Å². The molecule has 1 aromatic carbocycles. The SMILES string of the molecule is O=C(O)C1CCCn2c1cc1ccc(Br)cc12. The zero-order valence-electron chi connectivity index (χ0n) is 9.19. The van der Waals surface area contributed by atoms with Gasteiger partial charge >= 0.3 is 5.97 Å². The first-order chi connectivity index (χ1) is 8.16. The largest absolute Gasteiger partial charge is 0.481 e. The van der Waals surface area contributed by atoms with E-state index in [0.29, 0.717) is 0 Å². The average Bonchev–Trinajstić information content (AvgIpc) is 2.66. The van der Waals surface area contributed by atoms with E-state index in [1.165, 1.54) is 0 Å². The molecule has 0 amide bonds. The maximum atomic E-state index is 11.2. The van der Waals surface area contributed by atoms with E-state index in [4.69, 9.17) is 0 Å². The van der Waals surface area contributed by atoms with Crippen LogP contribution in [0.5, 0.6) is 0 Å². The number of hydrogen-bond donors (Lipinski definition) is 1. The number of fused-ring (bicyclic) bond motifs is 3. The molecule has 1 N–H and O–H groups in total. The van der Waals surface area contributed by atoms with Crippen LogP contribution in [-0.4, -0.2) is 15.6 Å². The molecule has 1 atom stereocenters. The number of benzene rings is 1. The summed E-state index contributed by atoms with van der Waals surface area (Å²) in [5.74, 6) is -1.07. The van der Waals surface area contributed by atoms with Crippen LogP contribution in [0.2, 0.25) is 0 Å². The van der Waals surface area contributed by atoms with Crippen molar-refractivity contribution in [1.29, 1.82) is 0 Å². The molecule has 2 heterocycles. The summed E-state index contributed by atoms with van der Waals surface area (Å²) in [7, 11) is 0. The first kappa shape index (κ1) is 10.8. The van der Waals surface area contributed by atoms with Crippen molar-refractivity contribution < 1.29 is 9.90 Å². The second-order valence-corrected chi connectivity index (χ2v) is 5.37. The number of aliphatic carboxylic acids is 1. The molecule has 0 saturated heterocycles. The number of carbonyl (C=O) groups is 1. The van der Waals surface area contributed by atoms with Crippen molar-refractivity contribution in [1.82, 2.24) is 4.57 Å². The van der Waals surface area contributed by atoms with Crippen LogP contribution in [0.3, 0.4) is 0 Å². The van der Waals surface area contributed by atoms with Crippen molar-refractivity contribution in [3.05, 3.63) is 34.4 Å². The Bertz CT molecular complexity index is 603. The number of carboxylic acids is 1. The van der Waals surface area contributed by atoms with Crippen LogP contribution in [0, 0.1) is 0 Å². The van der Waals surface area contributed by atoms with E-state index in [0.717, 1.165) is 40.5 Å². The third-order valence-corrected chi connectivity index (χ3v) is 3.92. The van der Waals surface area contributed by atoms with Crippen molar-refractivity contribution >= 4 is 32.8 Å². The highest BCUT2D eigenvalue weighted by Crippen LogP contribution is 2.34. The van der Waals surface area contributed by atoms with E-state index < -0.39 is 5.97 Å². The standard InChI is InChI=1S/C13H12BrNO2/c14-9-4-3-8-6-12-10(13(16)17)2-1-5-15(12)11(8)7-9/h3-4,6-7,10H,1-2,5H2,(H,16,17). The number of aryl methyl sites for hydroxylation is 1. The van der Waals surface area contributed by atoms with E-state index in [1.54, 1.807) is 0 Å². The number of nitrogens with zero attached hydrogens (tertiary/aromatic N) is 1. The summed E-state index contributed by atoms with van der Waals surface area (Å²) in [4.78, 5) is 11.2. The van der Waals surface area contributed by atoms with Crippen molar-refractivity contribution in [2.45, 2.75) is 25.3 Å². The molecule has 0 bridgehead atoms. The van der Waals surface area contributed by atoms with Crippen LogP contribution in [0.25, 0.3) is 10.9 Å². The summed E-state index contributed by atoms with van der Waals surface area (Å²) in [6, 6.07) is 8.09. The molecule has 0 fully saturated rings. The summed E-state index contributed by atoms with van der Waals surface area (Å²) in [5, 5.41) is 10.4. The molecule has 0 spiro atoms. The average molecular weight is 294 g/mol. The maximum absolute atomic E-state index is 11.2. The Hall–Kier alpha value is -1.29. The molecule has 0 aliphatic carbocycles. The van der Waals surface area contributed by atoms with Gasteiger partial charge in [0, 0.05) is 22.2 Å². The van der Waals surface area contributed by atoms with Crippen molar-refractivity contribution in [2.75, 3.05) is 0 Å². The number of rotatable bonds is 1. The van der Waals surface area contributed by atoms with Crippen molar-refractivity contribution in [3.63, 3.8) is 0 Å². The molecule has 1 aliphatic heterocycles. The Labute approximate surface area is 107 Å². The minimum absolute atomic E-state index is 0.352. The predicted molar refractivity (Wildman–Crippen MR) is 69.2 cm³/mol. The van der Waals surface area contributed by atoms with E-state index in [1.807, 2.05) is 18.2 Å². The molecule has 0 saturated carbocycles. The van der Waals surface area contributed by atoms with Gasteiger partial charge in [-0.15, -0.1) is 0 Å². The lowest BCUT2D eigenvalue weighted by atomic mass is 9.96. The van der Waals surface area contributed by atoms with Gasteiger partial charge in [0.25, 0.3) is 0 Å². The van der Waals surface area contributed by atoms with Gasteiger partial charge in [-0.25, -0.2) is 0 Å². The number of carboxylic acid groups (broad SMARTS) is 1. The molecular formula is C13H12BrNO2. The molecule has 1 aliphatic rings. The summed E-state index contributed by atoms with van der Waals surface area (Å²) in [6.07, 6.45) is 1.67. The molecule has 1 aromatic heterocycles. The fourth-order valence-corrected chi connectivity index (χ4v) is 2.99. The molecule has 4 heteroatoms. The molecule has 0 radical (unpaired) electrons. The van der Waals surface area contributed by atoms with Gasteiger partial charge in [0.05, 0.1) is 5.92 Å². The Kier molecular flexibility index (Phi) is 2.47. The van der Waals surface area contributed by atoms with Gasteiger partial charge in [-0.1, -0.05) is 22.0 Å². The van der Waals surface area contributed by atoms with Gasteiger partial charge in [-0.2, -0.15) is 0 Å². The first-order valence-corrected chi connectivity index (χ1v) is 6.47. The van der Waals surface area contributed by atoms with E-state index in [2.05, 4.69) is 26.6 Å². The second kappa shape index (κ2) is 3.88. The fourth-order valence-electron chi connectivity index (χ4n) is 2.64. The first-order valence-electron chi connectivity index (χ1n) is 5.68. The molecular weight excluding hydrogens is 282 g/mol. The molecule has 17 heavy (non-hydrogen) atoms. The van der Waals surface area contributed by atoms with Crippen molar-refractivity contribution in [2.24, 2.45) is 0 Å². The second-order valence-electron chi connectivity index (χ2n) is 4.46. The summed E-state index contributed by atoms with van der Waals surface area (Å²) in [6.45, 7) is 0.916. The minimum Gasteiger partial charge on any atom is -0.481 e. The zero-order valence-corrected chi connectivity index (χ0v) is 10.8. The van der Waals surface area contributed by atoms with E-state index >= 15 is 0 Å². The topological polar surface area (TPSA) is 42.2 Å². The lowest BCUT2D eigenvalue weighted by Gasteiger charge is -2.22. The van der Waals surface area contributed by atoms with Crippen molar-refractivity contribution in [3.8, 4) is 0 Å². The summed E-state index contributed by atoms with van der Waals surface area (Å²) in [5.41, 5.74) is 2.07. The summed E-state index contributed by atoms with van der Waals surface area (Å²) >= 11 is 3.46. The molecule has 3 nitrogen and oxygen atoms in total. The lowest BCUT2D eigenvalue weighted by molar-refractivity contribution is -0.139. The Morgan fingerprint density at radius 1 is 1.41 bits per heavy atom. The van der Waals surface area contributed by atoms with Gasteiger partial charge in [0.15, 0.2) is 0 Å². The smallest absolute Gasteiger partial charge is 0.312 e. The lowest BCUT2D eigenvalue weighted by Crippen LogP contribution is -2.21. The molecule has 88 valence electrons. The maximum Gasteiger partial charge on any atom is 0.312 e. The van der Waals surface area contributed by atoms with Gasteiger partial charge in [0.2, 0.25) is 0 Å². The zero-order chi connectivity index (χ0) is 12.0. The highest BCUT2D eigenvalue weighted by atomic mass is 79.9. The Morgan fingerprint density at radius 2 is 2.24 bits per heavy atom. The molecule has 3 rings (SSSR count). The summed E-state index contributed by atoms with van der Waals surface area (Å²) < 4.78 is 3.17. The minimum atomic E-state index is -0.715. The van der Waals surface area contributed by atoms with Crippen LogP contribution >= 0.6 is 15.9 Å².